The van der Waals surface area contributed by atoms with Crippen molar-refractivity contribution in [1.29, 1.82) is 0 Å². The maximum absolute atomic E-state index is 2.37. The second-order valence-corrected chi connectivity index (χ2v) is 12.5. The third kappa shape index (κ3) is 3.87. The molecule has 0 unspecified atom stereocenters. The summed E-state index contributed by atoms with van der Waals surface area (Å²) in [4.78, 5) is 0. The van der Waals surface area contributed by atoms with Crippen molar-refractivity contribution in [2.24, 2.45) is 0 Å². The average Bonchev–Trinajstić information content (AvgIpc) is 3.13. The lowest BCUT2D eigenvalue weighted by molar-refractivity contribution is 1.68. The van der Waals surface area contributed by atoms with Crippen LogP contribution < -0.4 is 0 Å². The zero-order valence-corrected chi connectivity index (χ0v) is 25.2. The summed E-state index contributed by atoms with van der Waals surface area (Å²) in [6, 6.07) is 63.0. The second kappa shape index (κ2) is 9.76. The Balaban J connectivity index is 1.10. The van der Waals surface area contributed by atoms with Crippen molar-refractivity contribution >= 4 is 75.4 Å². The van der Waals surface area contributed by atoms with E-state index in [9.17, 15) is 0 Å². The molecule has 0 spiro atoms. The molecule has 0 aliphatic carbocycles. The van der Waals surface area contributed by atoms with E-state index in [2.05, 4.69) is 170 Å². The van der Waals surface area contributed by atoms with Gasteiger partial charge in [-0.05, 0) is 122 Å². The highest BCUT2D eigenvalue weighted by Crippen LogP contribution is 2.37. The van der Waals surface area contributed by atoms with Crippen molar-refractivity contribution < 1.29 is 0 Å². The Morgan fingerprint density at radius 1 is 0.174 bits per heavy atom. The summed E-state index contributed by atoms with van der Waals surface area (Å²) >= 11 is 0. The van der Waals surface area contributed by atoms with Crippen molar-refractivity contribution in [2.45, 2.75) is 0 Å². The molecule has 0 aromatic heterocycles. The Hall–Kier alpha value is -5.98. The fraction of sp³-hybridized carbons (Fsp3) is 0. The van der Waals surface area contributed by atoms with Gasteiger partial charge in [0, 0.05) is 0 Å². The highest BCUT2D eigenvalue weighted by Gasteiger charge is 2.10. The van der Waals surface area contributed by atoms with E-state index in [1.165, 1.54) is 97.7 Å². The Morgan fingerprint density at radius 2 is 0.478 bits per heavy atom. The fourth-order valence-corrected chi connectivity index (χ4v) is 7.60. The molecule has 0 amide bonds. The van der Waals surface area contributed by atoms with Gasteiger partial charge in [0.1, 0.15) is 0 Å². The summed E-state index contributed by atoms with van der Waals surface area (Å²) < 4.78 is 0. The maximum Gasteiger partial charge on any atom is -0.00987 e. The molecule has 0 N–H and O–H groups in total. The van der Waals surface area contributed by atoms with Crippen molar-refractivity contribution in [1.82, 2.24) is 0 Å². The molecule has 10 aromatic carbocycles. The van der Waals surface area contributed by atoms with Gasteiger partial charge in [-0.15, -0.1) is 0 Å². The lowest BCUT2D eigenvalue weighted by atomic mass is 9.92. The molecule has 0 aliphatic rings. The van der Waals surface area contributed by atoms with E-state index in [1.807, 2.05) is 0 Å². The smallest absolute Gasteiger partial charge is 0.00987 e. The molecular formula is C46H28. The Kier molecular flexibility index (Phi) is 5.38. The van der Waals surface area contributed by atoms with E-state index in [0.29, 0.717) is 0 Å². The quantitative estimate of drug-likeness (QED) is 0.178. The predicted octanol–water partition coefficient (Wildman–Crippen LogP) is 13.1. The normalized spacial score (nSPS) is 11.9. The molecule has 0 heteroatoms. The first-order chi connectivity index (χ1) is 22.8. The SMILES string of the molecule is c1ccc2c(c1)ccc1ccc(-c3ccc4ccc5cc(-c6ccc7ccc8c9ccccc9ccc8c7c6)ccc5c4c3)cc12. The number of hydrogen-bond donors (Lipinski definition) is 0. The molecule has 0 atom stereocenters. The molecule has 10 rings (SSSR count). The summed E-state index contributed by atoms with van der Waals surface area (Å²) in [7, 11) is 0. The fourth-order valence-electron chi connectivity index (χ4n) is 7.60. The minimum atomic E-state index is 1.24. The first-order valence-electron chi connectivity index (χ1n) is 16.0. The molecule has 0 saturated carbocycles. The van der Waals surface area contributed by atoms with E-state index in [4.69, 9.17) is 0 Å². The lowest BCUT2D eigenvalue weighted by Crippen LogP contribution is -1.85. The van der Waals surface area contributed by atoms with Gasteiger partial charge in [0.05, 0.1) is 0 Å². The van der Waals surface area contributed by atoms with Crippen LogP contribution in [-0.4, -0.2) is 0 Å². The van der Waals surface area contributed by atoms with Crippen LogP contribution in [0.3, 0.4) is 0 Å². The minimum Gasteiger partial charge on any atom is -0.0616 e. The lowest BCUT2D eigenvalue weighted by Gasteiger charge is -2.12. The number of fused-ring (bicyclic) bond motifs is 11. The van der Waals surface area contributed by atoms with Crippen LogP contribution in [0.2, 0.25) is 0 Å². The van der Waals surface area contributed by atoms with Crippen molar-refractivity contribution in [3.8, 4) is 22.3 Å². The zero-order valence-electron chi connectivity index (χ0n) is 25.2. The van der Waals surface area contributed by atoms with E-state index in [0.717, 1.165) is 0 Å². The first kappa shape index (κ1) is 25.4. The van der Waals surface area contributed by atoms with Crippen LogP contribution in [0.4, 0.5) is 0 Å². The van der Waals surface area contributed by atoms with E-state index in [-0.39, 0.29) is 0 Å². The molecule has 0 fully saturated rings. The topological polar surface area (TPSA) is 0 Å². The summed E-state index contributed by atoms with van der Waals surface area (Å²) in [5.74, 6) is 0. The van der Waals surface area contributed by atoms with E-state index < -0.39 is 0 Å². The largest absolute Gasteiger partial charge is 0.0616 e. The first-order valence-corrected chi connectivity index (χ1v) is 16.0. The van der Waals surface area contributed by atoms with Gasteiger partial charge in [0.2, 0.25) is 0 Å². The van der Waals surface area contributed by atoms with Gasteiger partial charge >= 0.3 is 0 Å². The zero-order chi connectivity index (χ0) is 30.2. The molecular weight excluding hydrogens is 553 g/mol. The Morgan fingerprint density at radius 3 is 1.04 bits per heavy atom. The maximum atomic E-state index is 2.37. The Labute approximate surface area is 266 Å². The van der Waals surface area contributed by atoms with E-state index in [1.54, 1.807) is 0 Å². The summed E-state index contributed by atoms with van der Waals surface area (Å²) in [6.07, 6.45) is 0. The van der Waals surface area contributed by atoms with Crippen molar-refractivity contribution in [3.63, 3.8) is 0 Å². The van der Waals surface area contributed by atoms with Gasteiger partial charge in [-0.25, -0.2) is 0 Å². The predicted molar refractivity (Wildman–Crippen MR) is 200 cm³/mol. The Bertz CT molecular complexity index is 2850. The number of benzene rings is 10. The van der Waals surface area contributed by atoms with Gasteiger partial charge in [-0.2, -0.15) is 0 Å². The molecule has 10 aromatic rings. The van der Waals surface area contributed by atoms with Gasteiger partial charge in [0.15, 0.2) is 0 Å². The van der Waals surface area contributed by atoms with Crippen LogP contribution in [0, 0.1) is 0 Å². The van der Waals surface area contributed by atoms with Crippen LogP contribution in [0.25, 0.3) is 97.7 Å². The molecule has 0 heterocycles. The van der Waals surface area contributed by atoms with Gasteiger partial charge in [-0.1, -0.05) is 146 Å². The third-order valence-corrected chi connectivity index (χ3v) is 9.99. The van der Waals surface area contributed by atoms with Crippen molar-refractivity contribution in [3.05, 3.63) is 170 Å². The van der Waals surface area contributed by atoms with Gasteiger partial charge in [0.25, 0.3) is 0 Å². The summed E-state index contributed by atoms with van der Waals surface area (Å²) in [5, 5.41) is 18.0. The molecule has 0 radical (unpaired) electrons. The molecule has 0 aliphatic heterocycles. The standard InChI is InChI=1S/C46H28/c1-3-7-39-30(6-1)19-24-43-42(39)23-20-33-13-15-35(28-46(33)43)34-21-22-41-38(25-34)18-14-32-12-17-37(27-45(32)41)36-16-11-31-10-9-29-5-2-4-8-40(29)44(31)26-36/h1-28H. The third-order valence-electron chi connectivity index (χ3n) is 9.99. The van der Waals surface area contributed by atoms with Crippen LogP contribution >= 0.6 is 0 Å². The van der Waals surface area contributed by atoms with Crippen LogP contribution in [0.5, 0.6) is 0 Å². The highest BCUT2D eigenvalue weighted by atomic mass is 14.1. The molecule has 0 nitrogen and oxygen atoms in total. The van der Waals surface area contributed by atoms with Gasteiger partial charge < -0.3 is 0 Å². The highest BCUT2D eigenvalue weighted by molar-refractivity contribution is 6.18. The molecule has 0 bridgehead atoms. The minimum absolute atomic E-state index is 1.24. The van der Waals surface area contributed by atoms with E-state index >= 15 is 0 Å². The van der Waals surface area contributed by atoms with Crippen LogP contribution in [0.1, 0.15) is 0 Å². The second-order valence-electron chi connectivity index (χ2n) is 12.5. The van der Waals surface area contributed by atoms with Crippen molar-refractivity contribution in [2.75, 3.05) is 0 Å². The van der Waals surface area contributed by atoms with Crippen LogP contribution in [-0.2, 0) is 0 Å². The summed E-state index contributed by atoms with van der Waals surface area (Å²) in [5.41, 5.74) is 4.97. The average molecular weight is 581 g/mol. The molecule has 46 heavy (non-hydrogen) atoms. The number of rotatable bonds is 2. The monoisotopic (exact) mass is 580 g/mol. The number of hydrogen-bond acceptors (Lipinski definition) is 0. The van der Waals surface area contributed by atoms with Gasteiger partial charge in [-0.3, -0.25) is 0 Å². The molecule has 0 saturated heterocycles. The summed E-state index contributed by atoms with van der Waals surface area (Å²) in [6.45, 7) is 0. The molecule has 212 valence electrons. The van der Waals surface area contributed by atoms with Crippen LogP contribution in [0.15, 0.2) is 170 Å².